The second-order valence-electron chi connectivity index (χ2n) is 6.01. The molecule has 3 rings (SSSR count). The minimum Gasteiger partial charge on any atom is -0.507 e. The zero-order chi connectivity index (χ0) is 21.9. The zero-order valence-corrected chi connectivity index (χ0v) is 15.3. The Hall–Kier alpha value is -4.02. The molecular formula is C19H14F3N3O5. The lowest BCUT2D eigenvalue weighted by Gasteiger charge is -2.11. The Morgan fingerprint density at radius 1 is 1.00 bits per heavy atom. The standard InChI is InChI=1S/C19H14F3N3O5/c1-10-15(9-23-30-10)18(28)25-12-4-7-14(16(26)8-12)17(27)24-11-2-5-13(6-3-11)29-19(20,21)22/h2-9,26H,1H3,(H,24,27)(H,25,28). The first-order chi connectivity index (χ1) is 14.1. The van der Waals surface area contributed by atoms with Gasteiger partial charge in [-0.05, 0) is 43.3 Å². The number of carbonyl (C=O) groups excluding carboxylic acids is 2. The van der Waals surface area contributed by atoms with Crippen LogP contribution in [0.15, 0.2) is 53.2 Å². The van der Waals surface area contributed by atoms with Crippen LogP contribution in [0, 0.1) is 6.92 Å². The molecule has 0 unspecified atom stereocenters. The summed E-state index contributed by atoms with van der Waals surface area (Å²) in [7, 11) is 0. The SMILES string of the molecule is Cc1oncc1C(=O)Nc1ccc(C(=O)Nc2ccc(OC(F)(F)F)cc2)c(O)c1. The fraction of sp³-hybridized carbons (Fsp3) is 0.105. The number of phenols is 1. The van der Waals surface area contributed by atoms with Gasteiger partial charge >= 0.3 is 6.36 Å². The molecule has 0 fully saturated rings. The quantitative estimate of drug-likeness (QED) is 0.572. The van der Waals surface area contributed by atoms with E-state index in [1.807, 2.05) is 0 Å². The number of halogens is 3. The third-order valence-electron chi connectivity index (χ3n) is 3.84. The van der Waals surface area contributed by atoms with Gasteiger partial charge in [-0.25, -0.2) is 0 Å². The third kappa shape index (κ3) is 5.07. The van der Waals surface area contributed by atoms with Crippen molar-refractivity contribution in [3.63, 3.8) is 0 Å². The molecule has 0 aliphatic carbocycles. The summed E-state index contributed by atoms with van der Waals surface area (Å²) in [5, 5.41) is 18.6. The largest absolute Gasteiger partial charge is 0.573 e. The Morgan fingerprint density at radius 3 is 2.17 bits per heavy atom. The van der Waals surface area contributed by atoms with Crippen molar-refractivity contribution >= 4 is 23.2 Å². The molecule has 0 aliphatic heterocycles. The van der Waals surface area contributed by atoms with Crippen LogP contribution in [0.25, 0.3) is 0 Å². The fourth-order valence-corrected chi connectivity index (χ4v) is 2.45. The Morgan fingerprint density at radius 2 is 1.60 bits per heavy atom. The number of benzene rings is 2. The average molecular weight is 421 g/mol. The Kier molecular flexibility index (Phi) is 5.63. The molecule has 2 amide bonds. The van der Waals surface area contributed by atoms with Crippen molar-refractivity contribution in [2.45, 2.75) is 13.3 Å². The molecule has 156 valence electrons. The number of aromatic nitrogens is 1. The molecule has 0 radical (unpaired) electrons. The normalized spacial score (nSPS) is 11.1. The number of hydrogen-bond donors (Lipinski definition) is 3. The van der Waals surface area contributed by atoms with Crippen LogP contribution in [-0.2, 0) is 0 Å². The highest BCUT2D eigenvalue weighted by molar-refractivity contribution is 6.08. The van der Waals surface area contributed by atoms with E-state index in [0.717, 1.165) is 12.1 Å². The van der Waals surface area contributed by atoms with Gasteiger partial charge in [0.1, 0.15) is 22.8 Å². The lowest BCUT2D eigenvalue weighted by Crippen LogP contribution is -2.17. The summed E-state index contributed by atoms with van der Waals surface area (Å²) in [6.07, 6.45) is -3.57. The molecule has 0 spiro atoms. The van der Waals surface area contributed by atoms with E-state index in [9.17, 15) is 27.9 Å². The molecule has 1 aromatic heterocycles. The first kappa shape index (κ1) is 20.7. The summed E-state index contributed by atoms with van der Waals surface area (Å²) < 4.78 is 45.1. The number of aromatic hydroxyl groups is 1. The van der Waals surface area contributed by atoms with E-state index < -0.39 is 29.7 Å². The highest BCUT2D eigenvalue weighted by Crippen LogP contribution is 2.26. The summed E-state index contributed by atoms with van der Waals surface area (Å²) in [6.45, 7) is 1.56. The average Bonchev–Trinajstić information content (AvgIpc) is 3.08. The van der Waals surface area contributed by atoms with Crippen LogP contribution < -0.4 is 15.4 Å². The van der Waals surface area contributed by atoms with Gasteiger partial charge in [-0.1, -0.05) is 5.16 Å². The summed E-state index contributed by atoms with van der Waals surface area (Å²) in [4.78, 5) is 24.5. The van der Waals surface area contributed by atoms with E-state index in [1.54, 1.807) is 6.92 Å². The second-order valence-corrected chi connectivity index (χ2v) is 6.01. The topological polar surface area (TPSA) is 114 Å². The van der Waals surface area contributed by atoms with Gasteiger partial charge in [0.25, 0.3) is 11.8 Å². The van der Waals surface area contributed by atoms with Crippen LogP contribution in [0.1, 0.15) is 26.5 Å². The van der Waals surface area contributed by atoms with E-state index in [2.05, 4.69) is 20.5 Å². The number of amides is 2. The van der Waals surface area contributed by atoms with Gasteiger partial charge in [0.05, 0.1) is 11.8 Å². The van der Waals surface area contributed by atoms with Gasteiger partial charge in [0, 0.05) is 17.4 Å². The van der Waals surface area contributed by atoms with E-state index in [1.165, 1.54) is 36.5 Å². The van der Waals surface area contributed by atoms with Crippen molar-refractivity contribution in [2.75, 3.05) is 10.6 Å². The van der Waals surface area contributed by atoms with Crippen LogP contribution in [0.2, 0.25) is 0 Å². The number of ether oxygens (including phenoxy) is 1. The van der Waals surface area contributed by atoms with Crippen molar-refractivity contribution in [3.05, 3.63) is 65.5 Å². The van der Waals surface area contributed by atoms with Crippen molar-refractivity contribution < 1.29 is 37.1 Å². The van der Waals surface area contributed by atoms with E-state index in [0.29, 0.717) is 5.76 Å². The van der Waals surface area contributed by atoms with Crippen molar-refractivity contribution in [3.8, 4) is 11.5 Å². The van der Waals surface area contributed by atoms with Crippen LogP contribution >= 0.6 is 0 Å². The maximum atomic E-state index is 12.3. The lowest BCUT2D eigenvalue weighted by atomic mass is 10.1. The highest BCUT2D eigenvalue weighted by Gasteiger charge is 2.31. The van der Waals surface area contributed by atoms with Crippen LogP contribution in [0.3, 0.4) is 0 Å². The number of hydrogen-bond acceptors (Lipinski definition) is 6. The molecule has 3 N–H and O–H groups in total. The number of rotatable bonds is 5. The first-order valence-corrected chi connectivity index (χ1v) is 8.35. The number of nitrogens with zero attached hydrogens (tertiary/aromatic N) is 1. The van der Waals surface area contributed by atoms with Gasteiger partial charge in [-0.15, -0.1) is 13.2 Å². The third-order valence-corrected chi connectivity index (χ3v) is 3.84. The maximum absolute atomic E-state index is 12.3. The molecule has 3 aromatic rings. The van der Waals surface area contributed by atoms with Crippen LogP contribution in [0.5, 0.6) is 11.5 Å². The molecule has 8 nitrogen and oxygen atoms in total. The van der Waals surface area contributed by atoms with Crippen molar-refractivity contribution in [1.29, 1.82) is 0 Å². The van der Waals surface area contributed by atoms with Crippen molar-refractivity contribution in [2.24, 2.45) is 0 Å². The number of alkyl halides is 3. The predicted octanol–water partition coefficient (Wildman–Crippen LogP) is 4.09. The summed E-state index contributed by atoms with van der Waals surface area (Å²) >= 11 is 0. The summed E-state index contributed by atoms with van der Waals surface area (Å²) in [5.74, 6) is -1.74. The molecule has 11 heteroatoms. The van der Waals surface area contributed by atoms with Gasteiger partial charge in [0.2, 0.25) is 0 Å². The zero-order valence-electron chi connectivity index (χ0n) is 15.3. The highest BCUT2D eigenvalue weighted by atomic mass is 19.4. The first-order valence-electron chi connectivity index (χ1n) is 8.35. The molecule has 0 saturated carbocycles. The number of anilines is 2. The van der Waals surface area contributed by atoms with Gasteiger partial charge in [-0.3, -0.25) is 9.59 Å². The van der Waals surface area contributed by atoms with Gasteiger partial charge < -0.3 is 25.0 Å². The number of carbonyl (C=O) groups is 2. The van der Waals surface area contributed by atoms with Crippen LogP contribution in [-0.4, -0.2) is 28.4 Å². The molecule has 0 bridgehead atoms. The van der Waals surface area contributed by atoms with Crippen LogP contribution in [0.4, 0.5) is 24.5 Å². The Labute approximate surface area is 167 Å². The smallest absolute Gasteiger partial charge is 0.507 e. The molecule has 0 atom stereocenters. The lowest BCUT2D eigenvalue weighted by molar-refractivity contribution is -0.274. The molecule has 1 heterocycles. The van der Waals surface area contributed by atoms with Gasteiger partial charge in [-0.2, -0.15) is 0 Å². The van der Waals surface area contributed by atoms with E-state index >= 15 is 0 Å². The minimum absolute atomic E-state index is 0.107. The predicted molar refractivity (Wildman–Crippen MR) is 98.4 cm³/mol. The van der Waals surface area contributed by atoms with E-state index in [4.69, 9.17) is 4.52 Å². The molecule has 0 saturated heterocycles. The molecular weight excluding hydrogens is 407 g/mol. The number of nitrogens with one attached hydrogen (secondary N) is 2. The van der Waals surface area contributed by atoms with Gasteiger partial charge in [0.15, 0.2) is 0 Å². The molecule has 30 heavy (non-hydrogen) atoms. The number of phenolic OH excluding ortho intramolecular Hbond substituents is 1. The second kappa shape index (κ2) is 8.15. The molecule has 0 aliphatic rings. The monoisotopic (exact) mass is 421 g/mol. The fourth-order valence-electron chi connectivity index (χ4n) is 2.45. The Bertz CT molecular complexity index is 1080. The number of aryl methyl sites for hydroxylation is 1. The molecule has 2 aromatic carbocycles. The van der Waals surface area contributed by atoms with E-state index in [-0.39, 0.29) is 22.5 Å². The summed E-state index contributed by atoms with van der Waals surface area (Å²) in [6, 6.07) is 8.36. The minimum atomic E-state index is -4.82. The maximum Gasteiger partial charge on any atom is 0.573 e. The van der Waals surface area contributed by atoms with Crippen molar-refractivity contribution in [1.82, 2.24) is 5.16 Å². The Balaban J connectivity index is 1.66. The summed E-state index contributed by atoms with van der Waals surface area (Å²) in [5.41, 5.74) is 0.525.